The second-order valence-corrected chi connectivity index (χ2v) is 7.75. The van der Waals surface area contributed by atoms with Crippen LogP contribution < -0.4 is 5.32 Å². The average molecular weight is 370 g/mol. The highest BCUT2D eigenvalue weighted by atomic mass is 19.1. The van der Waals surface area contributed by atoms with Crippen molar-refractivity contribution in [2.24, 2.45) is 5.41 Å². The lowest BCUT2D eigenvalue weighted by atomic mass is 9.93. The summed E-state index contributed by atoms with van der Waals surface area (Å²) in [6.07, 6.45) is 7.08. The van der Waals surface area contributed by atoms with Crippen LogP contribution in [0.1, 0.15) is 37.6 Å². The maximum atomic E-state index is 14.1. The SMILES string of the molecule is CCn1ccnc1CN(C(=O)Cc1ccccc1F)[C@H]1CC12CCNCC2. The van der Waals surface area contributed by atoms with E-state index in [9.17, 15) is 9.18 Å². The molecule has 0 radical (unpaired) electrons. The average Bonchev–Trinajstić information content (AvgIpc) is 3.15. The van der Waals surface area contributed by atoms with Gasteiger partial charge in [0.1, 0.15) is 11.6 Å². The van der Waals surface area contributed by atoms with Gasteiger partial charge in [-0.3, -0.25) is 4.79 Å². The summed E-state index contributed by atoms with van der Waals surface area (Å²) in [6, 6.07) is 6.80. The lowest BCUT2D eigenvalue weighted by molar-refractivity contribution is -0.132. The minimum absolute atomic E-state index is 0.00818. The monoisotopic (exact) mass is 370 g/mol. The van der Waals surface area contributed by atoms with Gasteiger partial charge in [0, 0.05) is 25.0 Å². The standard InChI is InChI=1S/C21H27FN4O/c1-2-25-12-11-24-19(25)15-26(18-14-21(18)7-9-23-10-8-21)20(27)13-16-5-3-4-6-17(16)22/h3-6,11-12,18,23H,2,7-10,13-15H2,1H3/t18-/m0/s1. The van der Waals surface area contributed by atoms with Gasteiger partial charge in [-0.2, -0.15) is 0 Å². The van der Waals surface area contributed by atoms with Crippen molar-refractivity contribution in [1.82, 2.24) is 19.8 Å². The van der Waals surface area contributed by atoms with Crippen LogP contribution in [0.4, 0.5) is 4.39 Å². The van der Waals surface area contributed by atoms with E-state index in [-0.39, 0.29) is 29.6 Å². The number of hydrogen-bond acceptors (Lipinski definition) is 3. The third-order valence-corrected chi connectivity index (χ3v) is 6.20. The van der Waals surface area contributed by atoms with Crippen LogP contribution in [0.2, 0.25) is 0 Å². The third kappa shape index (κ3) is 3.63. The summed E-state index contributed by atoms with van der Waals surface area (Å²) >= 11 is 0. The van der Waals surface area contributed by atoms with Crippen LogP contribution in [-0.2, 0) is 24.3 Å². The number of amides is 1. The Hall–Kier alpha value is -2.21. The van der Waals surface area contributed by atoms with Crippen LogP contribution in [0.25, 0.3) is 0 Å². The highest BCUT2D eigenvalue weighted by Crippen LogP contribution is 2.56. The van der Waals surface area contributed by atoms with E-state index < -0.39 is 0 Å². The van der Waals surface area contributed by atoms with Crippen LogP contribution in [-0.4, -0.2) is 39.5 Å². The minimum Gasteiger partial charge on any atom is -0.334 e. The first kappa shape index (κ1) is 18.2. The number of imidazole rings is 1. The van der Waals surface area contributed by atoms with Crippen LogP contribution in [0.15, 0.2) is 36.7 Å². The van der Waals surface area contributed by atoms with Crippen LogP contribution >= 0.6 is 0 Å². The molecule has 27 heavy (non-hydrogen) atoms. The number of aryl methyl sites for hydroxylation is 1. The molecular weight excluding hydrogens is 343 g/mol. The van der Waals surface area contributed by atoms with E-state index in [4.69, 9.17) is 0 Å². The molecular formula is C21H27FN4O. The Morgan fingerprint density at radius 2 is 2.15 bits per heavy atom. The number of nitrogens with zero attached hydrogens (tertiary/aromatic N) is 3. The molecule has 0 unspecified atom stereocenters. The fourth-order valence-electron chi connectivity index (χ4n) is 4.44. The van der Waals surface area contributed by atoms with E-state index in [1.807, 2.05) is 11.1 Å². The lowest BCUT2D eigenvalue weighted by Gasteiger charge is -2.30. The zero-order chi connectivity index (χ0) is 18.9. The number of carbonyl (C=O) groups is 1. The predicted molar refractivity (Wildman–Crippen MR) is 101 cm³/mol. The fourth-order valence-corrected chi connectivity index (χ4v) is 4.44. The maximum Gasteiger partial charge on any atom is 0.227 e. The molecule has 1 atom stereocenters. The van der Waals surface area contributed by atoms with E-state index in [2.05, 4.69) is 21.8 Å². The summed E-state index contributed by atoms with van der Waals surface area (Å²) in [7, 11) is 0. The number of piperidine rings is 1. The fraction of sp³-hybridized carbons (Fsp3) is 0.524. The molecule has 1 aliphatic heterocycles. The van der Waals surface area contributed by atoms with Gasteiger partial charge < -0.3 is 14.8 Å². The van der Waals surface area contributed by atoms with Gasteiger partial charge in [0.25, 0.3) is 0 Å². The highest BCUT2D eigenvalue weighted by Gasteiger charge is 2.57. The second-order valence-electron chi connectivity index (χ2n) is 7.75. The van der Waals surface area contributed by atoms with Crippen molar-refractivity contribution < 1.29 is 9.18 Å². The Bertz CT molecular complexity index is 812. The molecule has 1 aromatic heterocycles. The smallest absolute Gasteiger partial charge is 0.227 e. The number of hydrogen-bond donors (Lipinski definition) is 1. The summed E-state index contributed by atoms with van der Waals surface area (Å²) in [6.45, 7) is 5.41. The van der Waals surface area contributed by atoms with Crippen LogP contribution in [0, 0.1) is 11.2 Å². The summed E-state index contributed by atoms with van der Waals surface area (Å²) < 4.78 is 16.1. The Morgan fingerprint density at radius 1 is 1.37 bits per heavy atom. The Morgan fingerprint density at radius 3 is 2.89 bits per heavy atom. The molecule has 1 aromatic carbocycles. The molecule has 1 saturated carbocycles. The van der Waals surface area contributed by atoms with Crippen LogP contribution in [0.5, 0.6) is 0 Å². The molecule has 0 bridgehead atoms. The summed E-state index contributed by atoms with van der Waals surface area (Å²) in [5.41, 5.74) is 0.700. The maximum absolute atomic E-state index is 14.1. The van der Waals surface area contributed by atoms with Crippen molar-refractivity contribution in [2.45, 2.75) is 51.7 Å². The molecule has 1 aliphatic carbocycles. The number of aromatic nitrogens is 2. The van der Waals surface area contributed by atoms with Gasteiger partial charge >= 0.3 is 0 Å². The topological polar surface area (TPSA) is 50.2 Å². The van der Waals surface area contributed by atoms with Crippen LogP contribution in [0.3, 0.4) is 0 Å². The van der Waals surface area contributed by atoms with E-state index in [0.29, 0.717) is 12.1 Å². The molecule has 6 heteroatoms. The number of rotatable bonds is 6. The van der Waals surface area contributed by atoms with Crippen molar-refractivity contribution in [3.05, 3.63) is 53.9 Å². The van der Waals surface area contributed by atoms with E-state index in [0.717, 1.165) is 44.7 Å². The Balaban J connectivity index is 1.56. The van der Waals surface area contributed by atoms with Crippen molar-refractivity contribution in [3.63, 3.8) is 0 Å². The van der Waals surface area contributed by atoms with Crippen molar-refractivity contribution in [3.8, 4) is 0 Å². The lowest BCUT2D eigenvalue weighted by Crippen LogP contribution is -2.40. The second kappa shape index (κ2) is 7.43. The van der Waals surface area contributed by atoms with Gasteiger partial charge in [-0.25, -0.2) is 9.37 Å². The Labute approximate surface area is 159 Å². The molecule has 144 valence electrons. The summed E-state index contributed by atoms with van der Waals surface area (Å²) in [5.74, 6) is 0.578. The molecule has 2 aliphatic rings. The molecule has 1 spiro atoms. The van der Waals surface area contributed by atoms with E-state index >= 15 is 0 Å². The normalized spacial score (nSPS) is 20.6. The summed E-state index contributed by atoms with van der Waals surface area (Å²) in [5, 5.41) is 3.41. The largest absolute Gasteiger partial charge is 0.334 e. The molecule has 1 saturated heterocycles. The van der Waals surface area contributed by atoms with Gasteiger partial charge in [0.2, 0.25) is 5.91 Å². The number of halogens is 1. The summed E-state index contributed by atoms with van der Waals surface area (Å²) in [4.78, 5) is 19.6. The predicted octanol–water partition coefficient (Wildman–Crippen LogP) is 2.76. The van der Waals surface area contributed by atoms with E-state index in [1.165, 1.54) is 6.07 Å². The van der Waals surface area contributed by atoms with Gasteiger partial charge in [-0.15, -0.1) is 0 Å². The highest BCUT2D eigenvalue weighted by molar-refractivity contribution is 5.79. The number of nitrogens with one attached hydrogen (secondary N) is 1. The molecule has 2 fully saturated rings. The molecule has 1 amide bonds. The Kier molecular flexibility index (Phi) is 5.00. The number of carbonyl (C=O) groups excluding carboxylic acids is 1. The number of benzene rings is 1. The molecule has 2 aromatic rings. The minimum atomic E-state index is -0.312. The van der Waals surface area contributed by atoms with Gasteiger partial charge in [-0.1, -0.05) is 18.2 Å². The quantitative estimate of drug-likeness (QED) is 0.851. The first-order valence-corrected chi connectivity index (χ1v) is 9.86. The van der Waals surface area contributed by atoms with Gasteiger partial charge in [0.15, 0.2) is 0 Å². The van der Waals surface area contributed by atoms with Crippen molar-refractivity contribution in [2.75, 3.05) is 13.1 Å². The molecule has 1 N–H and O–H groups in total. The third-order valence-electron chi connectivity index (χ3n) is 6.20. The first-order valence-electron chi connectivity index (χ1n) is 9.86. The molecule has 4 rings (SSSR count). The van der Waals surface area contributed by atoms with Crippen molar-refractivity contribution >= 4 is 5.91 Å². The first-order chi connectivity index (χ1) is 13.1. The molecule has 5 nitrogen and oxygen atoms in total. The van der Waals surface area contributed by atoms with Crippen molar-refractivity contribution in [1.29, 1.82) is 0 Å². The zero-order valence-electron chi connectivity index (χ0n) is 15.8. The zero-order valence-corrected chi connectivity index (χ0v) is 15.8. The molecule has 2 heterocycles. The van der Waals surface area contributed by atoms with E-state index in [1.54, 1.807) is 24.4 Å². The van der Waals surface area contributed by atoms with Gasteiger partial charge in [0.05, 0.1) is 13.0 Å². The van der Waals surface area contributed by atoms with Gasteiger partial charge in [-0.05, 0) is 56.3 Å².